The molecule has 0 aliphatic carbocycles. The quantitative estimate of drug-likeness (QED) is 0.901. The molecule has 18 heavy (non-hydrogen) atoms. The van der Waals surface area contributed by atoms with E-state index in [-0.39, 0.29) is 11.8 Å². The molecular weight excluding hydrogens is 233 g/mol. The number of para-hydroxylation sites is 1. The van der Waals surface area contributed by atoms with Crippen molar-refractivity contribution in [3.05, 3.63) is 47.5 Å². The molecule has 1 N–H and O–H groups in total. The highest BCUT2D eigenvalue weighted by molar-refractivity contribution is 5.27. The molecule has 0 spiro atoms. The van der Waals surface area contributed by atoms with Crippen molar-refractivity contribution in [2.75, 3.05) is 7.05 Å². The Balaban J connectivity index is 2.20. The fourth-order valence-electron chi connectivity index (χ4n) is 1.51. The van der Waals surface area contributed by atoms with E-state index >= 15 is 0 Å². The van der Waals surface area contributed by atoms with Gasteiger partial charge in [-0.2, -0.15) is 4.98 Å². The highest BCUT2D eigenvalue weighted by Gasteiger charge is 2.07. The van der Waals surface area contributed by atoms with Crippen molar-refractivity contribution in [3.63, 3.8) is 0 Å². The first kappa shape index (κ1) is 12.4. The number of hydrogen-bond acceptors (Lipinski definition) is 4. The summed E-state index contributed by atoms with van der Waals surface area (Å²) in [6.07, 6.45) is 1.68. The maximum Gasteiger partial charge on any atom is 0.322 e. The average Bonchev–Trinajstić information content (AvgIpc) is 2.36. The minimum atomic E-state index is -0.432. The number of halogens is 1. The van der Waals surface area contributed by atoms with E-state index in [1.807, 2.05) is 14.0 Å². The second-order valence-electron chi connectivity index (χ2n) is 3.83. The van der Waals surface area contributed by atoms with Gasteiger partial charge in [-0.25, -0.2) is 9.37 Å². The van der Waals surface area contributed by atoms with Crippen LogP contribution in [-0.4, -0.2) is 17.0 Å². The number of rotatable bonds is 4. The number of benzene rings is 1. The van der Waals surface area contributed by atoms with E-state index < -0.39 is 5.82 Å². The molecule has 0 radical (unpaired) electrons. The molecule has 5 heteroatoms. The van der Waals surface area contributed by atoms with Gasteiger partial charge in [0.2, 0.25) is 0 Å². The molecule has 0 atom stereocenters. The minimum absolute atomic E-state index is 0.123. The van der Waals surface area contributed by atoms with Crippen LogP contribution in [0.1, 0.15) is 11.3 Å². The SMILES string of the molecule is CNCc1cnc(Oc2ccccc2F)nc1C. The Labute approximate surface area is 105 Å². The molecule has 4 nitrogen and oxygen atoms in total. The molecule has 0 bridgehead atoms. The summed E-state index contributed by atoms with van der Waals surface area (Å²) in [5.41, 5.74) is 1.80. The van der Waals surface area contributed by atoms with Crippen LogP contribution in [0.3, 0.4) is 0 Å². The zero-order valence-corrected chi connectivity index (χ0v) is 10.3. The van der Waals surface area contributed by atoms with Crippen LogP contribution in [-0.2, 0) is 6.54 Å². The minimum Gasteiger partial charge on any atom is -0.421 e. The molecule has 0 aliphatic rings. The van der Waals surface area contributed by atoms with Gasteiger partial charge in [-0.05, 0) is 26.1 Å². The summed E-state index contributed by atoms with van der Waals surface area (Å²) in [5, 5.41) is 3.02. The first-order valence-corrected chi connectivity index (χ1v) is 5.60. The van der Waals surface area contributed by atoms with Crippen LogP contribution in [0.2, 0.25) is 0 Å². The van der Waals surface area contributed by atoms with Gasteiger partial charge in [0.15, 0.2) is 11.6 Å². The Hall–Kier alpha value is -2.01. The fraction of sp³-hybridized carbons (Fsp3) is 0.231. The summed E-state index contributed by atoms with van der Waals surface area (Å²) in [7, 11) is 1.85. The zero-order valence-electron chi connectivity index (χ0n) is 10.3. The first-order chi connectivity index (χ1) is 8.70. The van der Waals surface area contributed by atoms with Gasteiger partial charge in [-0.3, -0.25) is 0 Å². The molecule has 2 aromatic rings. The monoisotopic (exact) mass is 247 g/mol. The van der Waals surface area contributed by atoms with E-state index in [1.165, 1.54) is 12.1 Å². The van der Waals surface area contributed by atoms with Crippen molar-refractivity contribution < 1.29 is 9.13 Å². The number of ether oxygens (including phenoxy) is 1. The molecule has 0 saturated carbocycles. The maximum atomic E-state index is 13.4. The van der Waals surface area contributed by atoms with Crippen LogP contribution >= 0.6 is 0 Å². The number of aromatic nitrogens is 2. The number of aryl methyl sites for hydroxylation is 1. The summed E-state index contributed by atoms with van der Waals surface area (Å²) >= 11 is 0. The van der Waals surface area contributed by atoms with Crippen molar-refractivity contribution >= 4 is 0 Å². The van der Waals surface area contributed by atoms with E-state index in [0.29, 0.717) is 6.54 Å². The lowest BCUT2D eigenvalue weighted by molar-refractivity contribution is 0.409. The first-order valence-electron chi connectivity index (χ1n) is 5.60. The summed E-state index contributed by atoms with van der Waals surface area (Å²) in [5.74, 6) is -0.309. The Morgan fingerprint density at radius 1 is 1.33 bits per heavy atom. The van der Waals surface area contributed by atoms with E-state index in [4.69, 9.17) is 4.74 Å². The van der Waals surface area contributed by atoms with Crippen LogP contribution in [0.4, 0.5) is 4.39 Å². The van der Waals surface area contributed by atoms with Gasteiger partial charge in [0.1, 0.15) is 0 Å². The van der Waals surface area contributed by atoms with E-state index in [1.54, 1.807) is 18.3 Å². The highest BCUT2D eigenvalue weighted by atomic mass is 19.1. The van der Waals surface area contributed by atoms with Gasteiger partial charge >= 0.3 is 6.01 Å². The molecule has 0 amide bonds. The molecule has 0 unspecified atom stereocenters. The fourth-order valence-corrected chi connectivity index (χ4v) is 1.51. The van der Waals surface area contributed by atoms with Crippen LogP contribution in [0.15, 0.2) is 30.5 Å². The standard InChI is InChI=1S/C13H14FN3O/c1-9-10(7-15-2)8-16-13(17-9)18-12-6-4-3-5-11(12)14/h3-6,8,15H,7H2,1-2H3. The third kappa shape index (κ3) is 2.81. The zero-order chi connectivity index (χ0) is 13.0. The molecule has 1 aromatic carbocycles. The summed E-state index contributed by atoms with van der Waals surface area (Å²) in [6, 6.07) is 6.32. The smallest absolute Gasteiger partial charge is 0.322 e. The van der Waals surface area contributed by atoms with Crippen molar-refractivity contribution in [1.82, 2.24) is 15.3 Å². The maximum absolute atomic E-state index is 13.4. The van der Waals surface area contributed by atoms with Crippen LogP contribution < -0.4 is 10.1 Å². The van der Waals surface area contributed by atoms with E-state index in [2.05, 4.69) is 15.3 Å². The van der Waals surface area contributed by atoms with Gasteiger partial charge in [0.25, 0.3) is 0 Å². The normalized spacial score (nSPS) is 10.4. The largest absolute Gasteiger partial charge is 0.421 e. The third-order valence-corrected chi connectivity index (χ3v) is 2.46. The van der Waals surface area contributed by atoms with Gasteiger partial charge in [0, 0.05) is 24.0 Å². The second kappa shape index (κ2) is 5.55. The molecule has 0 saturated heterocycles. The Bertz CT molecular complexity index is 546. The van der Waals surface area contributed by atoms with Crippen molar-refractivity contribution in [2.45, 2.75) is 13.5 Å². The average molecular weight is 247 g/mol. The molecule has 1 aromatic heterocycles. The Kier molecular flexibility index (Phi) is 3.84. The molecule has 0 aliphatic heterocycles. The lowest BCUT2D eigenvalue weighted by Crippen LogP contribution is -2.08. The number of hydrogen-bond donors (Lipinski definition) is 1. The lowest BCUT2D eigenvalue weighted by Gasteiger charge is -2.07. The summed E-state index contributed by atoms with van der Waals surface area (Å²) < 4.78 is 18.7. The van der Waals surface area contributed by atoms with Crippen LogP contribution in [0.5, 0.6) is 11.8 Å². The second-order valence-corrected chi connectivity index (χ2v) is 3.83. The molecule has 94 valence electrons. The molecule has 0 fully saturated rings. The number of nitrogens with zero attached hydrogens (tertiary/aromatic N) is 2. The van der Waals surface area contributed by atoms with Gasteiger partial charge in [-0.15, -0.1) is 0 Å². The Morgan fingerprint density at radius 3 is 2.78 bits per heavy atom. The lowest BCUT2D eigenvalue weighted by atomic mass is 10.2. The topological polar surface area (TPSA) is 47.0 Å². The summed E-state index contributed by atoms with van der Waals surface area (Å²) in [4.78, 5) is 8.24. The molecule has 2 rings (SSSR count). The van der Waals surface area contributed by atoms with Crippen molar-refractivity contribution in [2.24, 2.45) is 0 Å². The predicted octanol–water partition coefficient (Wildman–Crippen LogP) is 2.44. The molecule has 1 heterocycles. The van der Waals surface area contributed by atoms with Crippen molar-refractivity contribution in [3.8, 4) is 11.8 Å². The number of nitrogens with one attached hydrogen (secondary N) is 1. The highest BCUT2D eigenvalue weighted by Crippen LogP contribution is 2.21. The molecular formula is C13H14FN3O. The third-order valence-electron chi connectivity index (χ3n) is 2.46. The van der Waals surface area contributed by atoms with Crippen LogP contribution in [0.25, 0.3) is 0 Å². The predicted molar refractivity (Wildman–Crippen MR) is 66.0 cm³/mol. The van der Waals surface area contributed by atoms with Gasteiger partial charge in [0.05, 0.1) is 0 Å². The van der Waals surface area contributed by atoms with Crippen molar-refractivity contribution in [1.29, 1.82) is 0 Å². The van der Waals surface area contributed by atoms with E-state index in [0.717, 1.165) is 11.3 Å². The summed E-state index contributed by atoms with van der Waals surface area (Å²) in [6.45, 7) is 2.55. The van der Waals surface area contributed by atoms with E-state index in [9.17, 15) is 4.39 Å². The van der Waals surface area contributed by atoms with Gasteiger partial charge in [-0.1, -0.05) is 12.1 Å². The van der Waals surface area contributed by atoms with Gasteiger partial charge < -0.3 is 10.1 Å². The Morgan fingerprint density at radius 2 is 2.11 bits per heavy atom. The van der Waals surface area contributed by atoms with Crippen LogP contribution in [0, 0.1) is 12.7 Å².